The summed E-state index contributed by atoms with van der Waals surface area (Å²) in [6.45, 7) is 4.69. The smallest absolute Gasteiger partial charge is 0.407 e. The second-order valence-electron chi connectivity index (χ2n) is 6.40. The highest BCUT2D eigenvalue weighted by molar-refractivity contribution is 5.68. The van der Waals surface area contributed by atoms with Gasteiger partial charge >= 0.3 is 6.09 Å². The van der Waals surface area contributed by atoms with Gasteiger partial charge in [-0.05, 0) is 29.0 Å². The SMILES string of the molecule is Cc1ccoc1Cn1nnnc1N1CCC2(CCNC(=O)O2)CC1. The molecule has 0 aliphatic carbocycles. The van der Waals surface area contributed by atoms with Gasteiger partial charge in [0.25, 0.3) is 0 Å². The van der Waals surface area contributed by atoms with Crippen LogP contribution in [0.3, 0.4) is 0 Å². The van der Waals surface area contributed by atoms with Gasteiger partial charge in [-0.15, -0.1) is 0 Å². The molecule has 9 heteroatoms. The molecule has 1 N–H and O–H groups in total. The molecule has 2 aromatic rings. The highest BCUT2D eigenvalue weighted by atomic mass is 16.6. The minimum atomic E-state index is -0.339. The summed E-state index contributed by atoms with van der Waals surface area (Å²) in [4.78, 5) is 13.7. The first kappa shape index (κ1) is 15.0. The molecule has 2 aliphatic heterocycles. The van der Waals surface area contributed by atoms with E-state index in [9.17, 15) is 4.79 Å². The number of nitrogens with zero attached hydrogens (tertiary/aromatic N) is 5. The predicted octanol–water partition coefficient (Wildman–Crippen LogP) is 1.09. The number of nitrogens with one attached hydrogen (secondary N) is 1. The van der Waals surface area contributed by atoms with Crippen molar-refractivity contribution in [2.75, 3.05) is 24.5 Å². The molecule has 24 heavy (non-hydrogen) atoms. The van der Waals surface area contributed by atoms with Gasteiger partial charge in [0.2, 0.25) is 5.95 Å². The quantitative estimate of drug-likeness (QED) is 0.898. The number of anilines is 1. The number of carbonyl (C=O) groups excluding carboxylic acids is 1. The van der Waals surface area contributed by atoms with E-state index in [4.69, 9.17) is 9.15 Å². The summed E-state index contributed by atoms with van der Waals surface area (Å²) in [6.07, 6.45) is 3.78. The van der Waals surface area contributed by atoms with Crippen LogP contribution in [0.25, 0.3) is 0 Å². The highest BCUT2D eigenvalue weighted by Crippen LogP contribution is 2.33. The molecule has 0 unspecified atom stereocenters. The molecular weight excluding hydrogens is 312 g/mol. The van der Waals surface area contributed by atoms with Crippen molar-refractivity contribution in [1.82, 2.24) is 25.5 Å². The van der Waals surface area contributed by atoms with Gasteiger partial charge < -0.3 is 19.4 Å². The van der Waals surface area contributed by atoms with Crippen molar-refractivity contribution in [2.24, 2.45) is 0 Å². The summed E-state index contributed by atoms with van der Waals surface area (Å²) >= 11 is 0. The molecule has 0 bridgehead atoms. The molecule has 2 aromatic heterocycles. The summed E-state index contributed by atoms with van der Waals surface area (Å²) in [5.74, 6) is 1.57. The van der Waals surface area contributed by atoms with E-state index < -0.39 is 0 Å². The van der Waals surface area contributed by atoms with E-state index >= 15 is 0 Å². The molecule has 1 spiro atoms. The van der Waals surface area contributed by atoms with Crippen LogP contribution in [0.15, 0.2) is 16.7 Å². The van der Waals surface area contributed by atoms with E-state index in [-0.39, 0.29) is 11.7 Å². The third-order valence-corrected chi connectivity index (χ3v) is 4.89. The van der Waals surface area contributed by atoms with Crippen LogP contribution in [-0.4, -0.2) is 51.5 Å². The van der Waals surface area contributed by atoms with Crippen LogP contribution in [0, 0.1) is 6.92 Å². The number of tetrazole rings is 1. The Morgan fingerprint density at radius 1 is 1.33 bits per heavy atom. The van der Waals surface area contributed by atoms with Crippen LogP contribution in [-0.2, 0) is 11.3 Å². The van der Waals surface area contributed by atoms with E-state index in [1.165, 1.54) is 0 Å². The first-order chi connectivity index (χ1) is 11.7. The van der Waals surface area contributed by atoms with E-state index in [1.807, 2.05) is 13.0 Å². The number of hydrogen-bond acceptors (Lipinski definition) is 7. The Labute approximate surface area is 138 Å². The molecule has 4 rings (SSSR count). The molecular formula is C15H20N6O3. The van der Waals surface area contributed by atoms with Gasteiger partial charge in [0.05, 0.1) is 6.26 Å². The summed E-state index contributed by atoms with van der Waals surface area (Å²) < 4.78 is 12.8. The fraction of sp³-hybridized carbons (Fsp3) is 0.600. The maximum atomic E-state index is 11.5. The Hall–Kier alpha value is -2.58. The zero-order valence-corrected chi connectivity index (χ0v) is 13.6. The van der Waals surface area contributed by atoms with Crippen LogP contribution in [0.4, 0.5) is 10.7 Å². The van der Waals surface area contributed by atoms with Gasteiger partial charge in [0.15, 0.2) is 0 Å². The Morgan fingerprint density at radius 2 is 2.17 bits per heavy atom. The van der Waals surface area contributed by atoms with Gasteiger partial charge in [-0.2, -0.15) is 0 Å². The second kappa shape index (κ2) is 5.81. The maximum Gasteiger partial charge on any atom is 0.407 e. The molecule has 0 radical (unpaired) electrons. The molecule has 128 valence electrons. The first-order valence-electron chi connectivity index (χ1n) is 8.16. The molecule has 9 nitrogen and oxygen atoms in total. The maximum absolute atomic E-state index is 11.5. The lowest BCUT2D eigenvalue weighted by molar-refractivity contribution is -0.0296. The Balaban J connectivity index is 1.46. The van der Waals surface area contributed by atoms with Gasteiger partial charge in [0, 0.05) is 38.9 Å². The van der Waals surface area contributed by atoms with Crippen molar-refractivity contribution in [3.8, 4) is 0 Å². The number of ether oxygens (including phenoxy) is 1. The lowest BCUT2D eigenvalue weighted by Crippen LogP contribution is -2.53. The van der Waals surface area contributed by atoms with E-state index in [2.05, 4.69) is 25.7 Å². The zero-order chi connectivity index (χ0) is 16.6. The minimum absolute atomic E-state index is 0.312. The molecule has 0 aromatic carbocycles. The third-order valence-electron chi connectivity index (χ3n) is 4.89. The van der Waals surface area contributed by atoms with Crippen molar-refractivity contribution >= 4 is 12.0 Å². The Bertz CT molecular complexity index is 731. The largest absolute Gasteiger partial charge is 0.467 e. The van der Waals surface area contributed by atoms with Crippen LogP contribution in [0.1, 0.15) is 30.6 Å². The third kappa shape index (κ3) is 2.70. The van der Waals surface area contributed by atoms with Crippen LogP contribution >= 0.6 is 0 Å². The fourth-order valence-electron chi connectivity index (χ4n) is 3.37. The molecule has 1 amide bonds. The monoisotopic (exact) mass is 332 g/mol. The average Bonchev–Trinajstić information content (AvgIpc) is 3.18. The number of rotatable bonds is 3. The molecule has 0 atom stereocenters. The minimum Gasteiger partial charge on any atom is -0.467 e. The first-order valence-corrected chi connectivity index (χ1v) is 8.16. The van der Waals surface area contributed by atoms with Gasteiger partial charge in [-0.1, -0.05) is 5.10 Å². The summed E-state index contributed by atoms with van der Waals surface area (Å²) in [5, 5.41) is 14.8. The summed E-state index contributed by atoms with van der Waals surface area (Å²) in [6, 6.07) is 1.93. The Kier molecular flexibility index (Phi) is 3.62. The number of aryl methyl sites for hydroxylation is 1. The molecule has 2 aliphatic rings. The van der Waals surface area contributed by atoms with Gasteiger partial charge in [0.1, 0.15) is 17.9 Å². The van der Waals surface area contributed by atoms with Crippen molar-refractivity contribution in [2.45, 2.75) is 38.3 Å². The van der Waals surface area contributed by atoms with Crippen LogP contribution in [0.2, 0.25) is 0 Å². The van der Waals surface area contributed by atoms with Gasteiger partial charge in [-0.3, -0.25) is 0 Å². The number of furan rings is 1. The fourth-order valence-corrected chi connectivity index (χ4v) is 3.37. The number of carbonyl (C=O) groups is 1. The van der Waals surface area contributed by atoms with Crippen molar-refractivity contribution in [3.63, 3.8) is 0 Å². The standard InChI is InChI=1S/C15H20N6O3/c1-11-2-9-23-12(11)10-21-13(17-18-19-21)20-7-4-15(5-8-20)3-6-16-14(22)24-15/h2,9H,3-8,10H2,1H3,(H,16,22). The zero-order valence-electron chi connectivity index (χ0n) is 13.6. The molecule has 2 fully saturated rings. The van der Waals surface area contributed by atoms with Crippen molar-refractivity contribution in [3.05, 3.63) is 23.7 Å². The lowest BCUT2D eigenvalue weighted by atomic mass is 9.87. The average molecular weight is 332 g/mol. The molecule has 4 heterocycles. The normalized spacial score (nSPS) is 20.0. The molecule has 0 saturated carbocycles. The number of alkyl carbamates (subject to hydrolysis) is 1. The summed E-state index contributed by atoms with van der Waals surface area (Å²) in [7, 11) is 0. The number of aromatic nitrogens is 4. The highest BCUT2D eigenvalue weighted by Gasteiger charge is 2.41. The van der Waals surface area contributed by atoms with Crippen molar-refractivity contribution < 1.29 is 13.9 Å². The number of hydrogen-bond donors (Lipinski definition) is 1. The van der Waals surface area contributed by atoms with E-state index in [0.717, 1.165) is 49.6 Å². The lowest BCUT2D eigenvalue weighted by Gasteiger charge is -2.43. The van der Waals surface area contributed by atoms with Crippen LogP contribution < -0.4 is 10.2 Å². The summed E-state index contributed by atoms with van der Waals surface area (Å²) in [5.41, 5.74) is 0.741. The Morgan fingerprint density at radius 3 is 2.88 bits per heavy atom. The topological polar surface area (TPSA) is 98.3 Å². The van der Waals surface area contributed by atoms with E-state index in [0.29, 0.717) is 13.1 Å². The van der Waals surface area contributed by atoms with Crippen LogP contribution in [0.5, 0.6) is 0 Å². The second-order valence-corrected chi connectivity index (χ2v) is 6.40. The number of amides is 1. The molecule has 2 saturated heterocycles. The van der Waals surface area contributed by atoms with Gasteiger partial charge in [-0.25, -0.2) is 9.48 Å². The number of piperidine rings is 1. The van der Waals surface area contributed by atoms with Crippen molar-refractivity contribution in [1.29, 1.82) is 0 Å². The predicted molar refractivity (Wildman–Crippen MR) is 83.6 cm³/mol. The van der Waals surface area contributed by atoms with E-state index in [1.54, 1.807) is 10.9 Å².